The van der Waals surface area contributed by atoms with Crippen molar-refractivity contribution in [2.75, 3.05) is 12.3 Å². The zero-order chi connectivity index (χ0) is 9.56. The number of nitrogens with two attached hydrogens (primary N) is 1. The molecular weight excluding hydrogens is 180 g/mol. The number of carboxylic acid groups (broad SMARTS) is 1. The maximum absolute atomic E-state index is 10.8. The van der Waals surface area contributed by atoms with Crippen LogP contribution in [0.4, 0.5) is 4.79 Å². The molecule has 0 bridgehead atoms. The normalized spacial score (nSPS) is 12.2. The molecule has 12 heavy (non-hydrogen) atoms. The fourth-order valence-electron chi connectivity index (χ4n) is 0.432. The number of hydrogen-bond donors (Lipinski definition) is 3. The molecule has 0 fully saturated rings. The fourth-order valence-corrected chi connectivity index (χ4v) is 1.15. The van der Waals surface area contributed by atoms with Crippen molar-refractivity contribution in [3.8, 4) is 0 Å². The lowest BCUT2D eigenvalue weighted by atomic mass is 10.4. The van der Waals surface area contributed by atoms with Gasteiger partial charge >= 0.3 is 5.97 Å². The van der Waals surface area contributed by atoms with Gasteiger partial charge in [-0.25, -0.2) is 0 Å². The molecule has 0 rings (SSSR count). The summed E-state index contributed by atoms with van der Waals surface area (Å²) in [5, 5.41) is 10.6. The average Bonchev–Trinajstić information content (AvgIpc) is 2.00. The highest BCUT2D eigenvalue weighted by Gasteiger charge is 2.13. The second-order valence-electron chi connectivity index (χ2n) is 2.07. The number of carbonyl (C=O) groups is 2. The van der Waals surface area contributed by atoms with E-state index < -0.39 is 12.0 Å². The summed E-state index contributed by atoms with van der Waals surface area (Å²) in [6.07, 6.45) is 0. The van der Waals surface area contributed by atoms with E-state index in [-0.39, 0.29) is 11.0 Å². The van der Waals surface area contributed by atoms with Crippen molar-refractivity contribution in [2.24, 2.45) is 5.73 Å². The highest BCUT2D eigenvalue weighted by atomic mass is 32.2. The van der Waals surface area contributed by atoms with E-state index in [9.17, 15) is 9.59 Å². The summed E-state index contributed by atoms with van der Waals surface area (Å²) in [7, 11) is 0. The van der Waals surface area contributed by atoms with Crippen molar-refractivity contribution >= 4 is 23.0 Å². The third-order valence-electron chi connectivity index (χ3n) is 1.03. The molecule has 4 N–H and O–H groups in total. The Balaban J connectivity index is 3.54. The van der Waals surface area contributed by atoms with Crippen LogP contribution in [0.3, 0.4) is 0 Å². The third kappa shape index (κ3) is 4.97. The van der Waals surface area contributed by atoms with Gasteiger partial charge in [-0.3, -0.25) is 9.59 Å². The number of rotatable bonds is 4. The van der Waals surface area contributed by atoms with Gasteiger partial charge in [0.1, 0.15) is 6.04 Å². The molecule has 6 heteroatoms. The van der Waals surface area contributed by atoms with Gasteiger partial charge in [0.05, 0.1) is 0 Å². The first-order chi connectivity index (χ1) is 5.57. The average molecular weight is 192 g/mol. The standard InChI is InChI=1S/C6H12N2O3S/c1-2-8-6(11)12-3-4(7)5(9)10/h4H,2-3,7H2,1H3,(H,8,11)(H,9,10)/t4-/m1/s1. The quantitative estimate of drug-likeness (QED) is 0.576. The summed E-state index contributed by atoms with van der Waals surface area (Å²) >= 11 is 0.882. The van der Waals surface area contributed by atoms with Crippen molar-refractivity contribution in [1.82, 2.24) is 5.32 Å². The Kier molecular flexibility index (Phi) is 5.48. The lowest BCUT2D eigenvalue weighted by Gasteiger charge is -2.04. The molecular formula is C6H12N2O3S. The van der Waals surface area contributed by atoms with E-state index in [1.807, 2.05) is 0 Å². The van der Waals surface area contributed by atoms with Crippen LogP contribution in [0.1, 0.15) is 6.92 Å². The van der Waals surface area contributed by atoms with Crippen LogP contribution in [0, 0.1) is 0 Å². The lowest BCUT2D eigenvalue weighted by Crippen LogP contribution is -2.33. The molecule has 0 aliphatic heterocycles. The van der Waals surface area contributed by atoms with Crippen LogP contribution < -0.4 is 11.1 Å². The smallest absolute Gasteiger partial charge is 0.321 e. The summed E-state index contributed by atoms with van der Waals surface area (Å²) in [6.45, 7) is 2.32. The molecule has 0 saturated heterocycles. The summed E-state index contributed by atoms with van der Waals surface area (Å²) in [5.74, 6) is -0.993. The molecule has 70 valence electrons. The van der Waals surface area contributed by atoms with Crippen molar-refractivity contribution < 1.29 is 14.7 Å². The second kappa shape index (κ2) is 5.84. The van der Waals surface area contributed by atoms with Gasteiger partial charge in [0.2, 0.25) is 0 Å². The molecule has 0 spiro atoms. The van der Waals surface area contributed by atoms with E-state index in [2.05, 4.69) is 5.32 Å². The Bertz CT molecular complexity index is 174. The van der Waals surface area contributed by atoms with Gasteiger partial charge in [-0.05, 0) is 6.92 Å². The van der Waals surface area contributed by atoms with Gasteiger partial charge in [-0.1, -0.05) is 11.8 Å². The predicted molar refractivity (Wildman–Crippen MR) is 47.1 cm³/mol. The molecule has 0 heterocycles. The van der Waals surface area contributed by atoms with E-state index >= 15 is 0 Å². The molecule has 0 aromatic rings. The number of thioether (sulfide) groups is 1. The molecule has 0 aromatic heterocycles. The van der Waals surface area contributed by atoms with Gasteiger partial charge in [-0.2, -0.15) is 0 Å². The van der Waals surface area contributed by atoms with Crippen molar-refractivity contribution in [3.63, 3.8) is 0 Å². The molecule has 1 atom stereocenters. The molecule has 0 aliphatic rings. The largest absolute Gasteiger partial charge is 0.480 e. The highest BCUT2D eigenvalue weighted by Crippen LogP contribution is 2.02. The van der Waals surface area contributed by atoms with Gasteiger partial charge < -0.3 is 16.2 Å². The predicted octanol–water partition coefficient (Wildman–Crippen LogP) is -0.139. The molecule has 0 aliphatic carbocycles. The lowest BCUT2D eigenvalue weighted by molar-refractivity contribution is -0.137. The zero-order valence-electron chi connectivity index (χ0n) is 6.74. The Morgan fingerprint density at radius 2 is 2.25 bits per heavy atom. The fraction of sp³-hybridized carbons (Fsp3) is 0.667. The van der Waals surface area contributed by atoms with Gasteiger partial charge in [-0.15, -0.1) is 0 Å². The first-order valence-corrected chi connectivity index (χ1v) is 4.45. The van der Waals surface area contributed by atoms with E-state index in [4.69, 9.17) is 10.8 Å². The molecule has 0 unspecified atom stereocenters. The monoisotopic (exact) mass is 192 g/mol. The van der Waals surface area contributed by atoms with Crippen LogP contribution in [0.5, 0.6) is 0 Å². The first kappa shape index (κ1) is 11.2. The number of carboxylic acids is 1. The van der Waals surface area contributed by atoms with Crippen LogP contribution in [0.2, 0.25) is 0 Å². The molecule has 0 radical (unpaired) electrons. The van der Waals surface area contributed by atoms with Crippen molar-refractivity contribution in [2.45, 2.75) is 13.0 Å². The summed E-state index contributed by atoms with van der Waals surface area (Å²) in [5.41, 5.74) is 5.16. The van der Waals surface area contributed by atoms with E-state index in [1.54, 1.807) is 6.92 Å². The number of amides is 1. The number of nitrogens with one attached hydrogen (secondary N) is 1. The van der Waals surface area contributed by atoms with Crippen LogP contribution in [-0.2, 0) is 4.79 Å². The number of aliphatic carboxylic acids is 1. The van der Waals surface area contributed by atoms with Crippen molar-refractivity contribution in [1.29, 1.82) is 0 Å². The maximum Gasteiger partial charge on any atom is 0.321 e. The van der Waals surface area contributed by atoms with Gasteiger partial charge in [0.25, 0.3) is 5.24 Å². The third-order valence-corrected chi connectivity index (χ3v) is 1.96. The van der Waals surface area contributed by atoms with Crippen LogP contribution in [0.25, 0.3) is 0 Å². The topological polar surface area (TPSA) is 92.4 Å². The Morgan fingerprint density at radius 1 is 1.67 bits per heavy atom. The molecule has 1 amide bonds. The molecule has 0 saturated carbocycles. The van der Waals surface area contributed by atoms with E-state index in [0.29, 0.717) is 6.54 Å². The SMILES string of the molecule is CCNC(=O)SC[C@@H](N)C(=O)O. The first-order valence-electron chi connectivity index (χ1n) is 3.47. The van der Waals surface area contributed by atoms with Crippen LogP contribution >= 0.6 is 11.8 Å². The summed E-state index contributed by atoms with van der Waals surface area (Å²) < 4.78 is 0. The van der Waals surface area contributed by atoms with E-state index in [0.717, 1.165) is 11.8 Å². The number of carbonyl (C=O) groups excluding carboxylic acids is 1. The van der Waals surface area contributed by atoms with Crippen molar-refractivity contribution in [3.05, 3.63) is 0 Å². The van der Waals surface area contributed by atoms with Crippen LogP contribution in [-0.4, -0.2) is 34.7 Å². The Hall–Kier alpha value is -0.750. The molecule has 0 aromatic carbocycles. The minimum atomic E-state index is -1.09. The van der Waals surface area contributed by atoms with Gasteiger partial charge in [0, 0.05) is 12.3 Å². The van der Waals surface area contributed by atoms with Gasteiger partial charge in [0.15, 0.2) is 0 Å². The summed E-state index contributed by atoms with van der Waals surface area (Å²) in [6, 6.07) is -0.974. The summed E-state index contributed by atoms with van der Waals surface area (Å²) in [4.78, 5) is 21.0. The number of hydrogen-bond acceptors (Lipinski definition) is 4. The minimum Gasteiger partial charge on any atom is -0.480 e. The van der Waals surface area contributed by atoms with E-state index in [1.165, 1.54) is 0 Å². The Labute approximate surface area is 74.7 Å². The highest BCUT2D eigenvalue weighted by molar-refractivity contribution is 8.13. The molecule has 5 nitrogen and oxygen atoms in total. The second-order valence-corrected chi connectivity index (χ2v) is 3.07. The minimum absolute atomic E-state index is 0.0984. The van der Waals surface area contributed by atoms with Crippen LogP contribution in [0.15, 0.2) is 0 Å². The Morgan fingerprint density at radius 3 is 2.67 bits per heavy atom. The maximum atomic E-state index is 10.8. The zero-order valence-corrected chi connectivity index (χ0v) is 7.56.